The van der Waals surface area contributed by atoms with Crippen LogP contribution in [0, 0.1) is 12.7 Å². The number of pyridine rings is 1. The van der Waals surface area contributed by atoms with Gasteiger partial charge in [0, 0.05) is 22.8 Å². The summed E-state index contributed by atoms with van der Waals surface area (Å²) in [7, 11) is 0. The Morgan fingerprint density at radius 2 is 1.61 bits per heavy atom. The van der Waals surface area contributed by atoms with Gasteiger partial charge in [-0.3, -0.25) is 9.59 Å². The number of carbonyl (C=O) groups excluding carboxylic acids is 2. The van der Waals surface area contributed by atoms with Crippen LogP contribution in [0.5, 0.6) is 0 Å². The van der Waals surface area contributed by atoms with Crippen LogP contribution in [0.25, 0.3) is 0 Å². The van der Waals surface area contributed by atoms with Gasteiger partial charge in [0.25, 0.3) is 5.91 Å². The minimum absolute atomic E-state index is 0.0397. The zero-order valence-corrected chi connectivity index (χ0v) is 20.6. The van der Waals surface area contributed by atoms with E-state index >= 15 is 0 Å². The minimum Gasteiger partial charge on any atom is -0.339 e. The molecule has 0 bridgehead atoms. The highest BCUT2D eigenvalue weighted by Gasteiger charge is 2.23. The first-order valence-corrected chi connectivity index (χ1v) is 12.5. The van der Waals surface area contributed by atoms with Crippen LogP contribution < -0.4 is 10.6 Å². The van der Waals surface area contributed by atoms with Gasteiger partial charge < -0.3 is 10.6 Å². The summed E-state index contributed by atoms with van der Waals surface area (Å²) in [6, 6.07) is 27.1. The average molecular weight is 500 g/mol. The molecule has 1 atom stereocenters. The summed E-state index contributed by atoms with van der Waals surface area (Å²) in [5, 5.41) is 5.67. The molecule has 0 radical (unpaired) electrons. The van der Waals surface area contributed by atoms with Gasteiger partial charge in [0.1, 0.15) is 17.6 Å². The number of rotatable bonds is 9. The van der Waals surface area contributed by atoms with Crippen LogP contribution in [0.3, 0.4) is 0 Å². The molecule has 0 saturated heterocycles. The fourth-order valence-corrected chi connectivity index (χ4v) is 4.62. The standard InChI is InChI=1S/C29H26FN3O2S/c1-20-16-24(13-15-27(20)36-19-22-10-6-3-7-11-22)32-29(35)26(17-21-8-4-2-5-9-21)33-28(34)25-14-12-23(30)18-31-25/h2-16,18,26H,17,19H2,1H3,(H,32,35)(H,33,34)/t26-/m0/s1. The van der Waals surface area contributed by atoms with E-state index in [2.05, 4.69) is 27.8 Å². The Labute approximate surface area is 214 Å². The van der Waals surface area contributed by atoms with Gasteiger partial charge >= 0.3 is 0 Å². The normalized spacial score (nSPS) is 11.5. The lowest BCUT2D eigenvalue weighted by atomic mass is 10.0. The highest BCUT2D eigenvalue weighted by Crippen LogP contribution is 2.28. The molecule has 0 spiro atoms. The van der Waals surface area contributed by atoms with E-state index in [0.717, 1.165) is 34.0 Å². The molecule has 182 valence electrons. The Hall–Kier alpha value is -3.97. The second kappa shape index (κ2) is 12.1. The van der Waals surface area contributed by atoms with Gasteiger partial charge in [-0.25, -0.2) is 9.37 Å². The third-order valence-electron chi connectivity index (χ3n) is 5.54. The smallest absolute Gasteiger partial charge is 0.270 e. The van der Waals surface area contributed by atoms with Crippen LogP contribution in [-0.2, 0) is 17.0 Å². The first-order valence-electron chi connectivity index (χ1n) is 11.5. The molecule has 3 aromatic carbocycles. The molecule has 1 aromatic heterocycles. The monoisotopic (exact) mass is 499 g/mol. The fraction of sp³-hybridized carbons (Fsp3) is 0.138. The van der Waals surface area contributed by atoms with Gasteiger partial charge in [-0.2, -0.15) is 0 Å². The lowest BCUT2D eigenvalue weighted by Gasteiger charge is -2.19. The van der Waals surface area contributed by atoms with E-state index < -0.39 is 17.8 Å². The summed E-state index contributed by atoms with van der Waals surface area (Å²) < 4.78 is 13.2. The van der Waals surface area contributed by atoms with Crippen molar-refractivity contribution in [2.45, 2.75) is 30.0 Å². The van der Waals surface area contributed by atoms with Gasteiger partial charge in [-0.05, 0) is 53.9 Å². The van der Waals surface area contributed by atoms with Crippen LogP contribution in [0.4, 0.5) is 10.1 Å². The summed E-state index contributed by atoms with van der Waals surface area (Å²) in [5.74, 6) is -0.574. The highest BCUT2D eigenvalue weighted by atomic mass is 32.2. The maximum atomic E-state index is 13.2. The van der Waals surface area contributed by atoms with Gasteiger partial charge in [-0.1, -0.05) is 60.7 Å². The summed E-state index contributed by atoms with van der Waals surface area (Å²) in [6.07, 6.45) is 1.27. The third kappa shape index (κ3) is 7.02. The summed E-state index contributed by atoms with van der Waals surface area (Å²) >= 11 is 1.74. The molecule has 0 fully saturated rings. The number of carbonyl (C=O) groups is 2. The predicted molar refractivity (Wildman–Crippen MR) is 141 cm³/mol. The highest BCUT2D eigenvalue weighted by molar-refractivity contribution is 7.98. The van der Waals surface area contributed by atoms with Gasteiger partial charge in [0.15, 0.2) is 0 Å². The first-order chi connectivity index (χ1) is 17.5. The number of benzene rings is 3. The van der Waals surface area contributed by atoms with Crippen molar-refractivity contribution in [1.82, 2.24) is 10.3 Å². The summed E-state index contributed by atoms with van der Waals surface area (Å²) in [6.45, 7) is 2.01. The predicted octanol–water partition coefficient (Wildman–Crippen LogP) is 5.80. The number of amides is 2. The van der Waals surface area contributed by atoms with Gasteiger partial charge in [-0.15, -0.1) is 11.8 Å². The van der Waals surface area contributed by atoms with Crippen molar-refractivity contribution in [2.24, 2.45) is 0 Å². The van der Waals surface area contributed by atoms with Crippen molar-refractivity contribution >= 4 is 29.3 Å². The Morgan fingerprint density at radius 3 is 2.25 bits per heavy atom. The molecular formula is C29H26FN3O2S. The van der Waals surface area contributed by atoms with Gasteiger partial charge in [0.05, 0.1) is 6.20 Å². The molecule has 4 aromatic rings. The first kappa shape index (κ1) is 25.1. The lowest BCUT2D eigenvalue weighted by Crippen LogP contribution is -2.45. The molecule has 2 N–H and O–H groups in total. The van der Waals surface area contributed by atoms with E-state index in [-0.39, 0.29) is 11.6 Å². The van der Waals surface area contributed by atoms with Crippen LogP contribution in [0.2, 0.25) is 0 Å². The molecule has 2 amide bonds. The zero-order valence-electron chi connectivity index (χ0n) is 19.8. The van der Waals surface area contributed by atoms with Crippen molar-refractivity contribution in [3.8, 4) is 0 Å². The zero-order chi connectivity index (χ0) is 25.3. The van der Waals surface area contributed by atoms with Crippen molar-refractivity contribution in [3.63, 3.8) is 0 Å². The summed E-state index contributed by atoms with van der Waals surface area (Å²) in [4.78, 5) is 30.9. The number of nitrogens with one attached hydrogen (secondary N) is 2. The number of aryl methyl sites for hydroxylation is 1. The molecule has 7 heteroatoms. The average Bonchev–Trinajstić information content (AvgIpc) is 2.89. The van der Waals surface area contributed by atoms with Crippen molar-refractivity contribution in [3.05, 3.63) is 125 Å². The second-order valence-corrected chi connectivity index (χ2v) is 9.34. The lowest BCUT2D eigenvalue weighted by molar-refractivity contribution is -0.118. The maximum Gasteiger partial charge on any atom is 0.270 e. The molecule has 36 heavy (non-hydrogen) atoms. The Bertz CT molecular complexity index is 1320. The van der Waals surface area contributed by atoms with Crippen molar-refractivity contribution in [2.75, 3.05) is 5.32 Å². The largest absolute Gasteiger partial charge is 0.339 e. The molecule has 1 heterocycles. The Kier molecular flexibility index (Phi) is 8.47. The van der Waals surface area contributed by atoms with E-state index in [1.165, 1.54) is 11.6 Å². The Morgan fingerprint density at radius 1 is 0.917 bits per heavy atom. The van der Waals surface area contributed by atoms with Crippen molar-refractivity contribution < 1.29 is 14.0 Å². The molecular weight excluding hydrogens is 473 g/mol. The maximum absolute atomic E-state index is 13.2. The van der Waals surface area contributed by atoms with Gasteiger partial charge in [0.2, 0.25) is 5.91 Å². The number of thioether (sulfide) groups is 1. The Balaban J connectivity index is 1.45. The number of nitrogens with zero attached hydrogens (tertiary/aromatic N) is 1. The molecule has 5 nitrogen and oxygen atoms in total. The molecule has 0 aliphatic heterocycles. The number of hydrogen-bond acceptors (Lipinski definition) is 4. The van der Waals surface area contributed by atoms with E-state index in [1.807, 2.05) is 73.7 Å². The fourth-order valence-electron chi connectivity index (χ4n) is 3.66. The topological polar surface area (TPSA) is 71.1 Å². The quantitative estimate of drug-likeness (QED) is 0.286. The van der Waals surface area contributed by atoms with E-state index in [4.69, 9.17) is 0 Å². The molecule has 0 saturated carbocycles. The SMILES string of the molecule is Cc1cc(NC(=O)[C@H](Cc2ccccc2)NC(=O)c2ccc(F)cn2)ccc1SCc1ccccc1. The van der Waals surface area contributed by atoms with Crippen molar-refractivity contribution in [1.29, 1.82) is 0 Å². The van der Waals surface area contributed by atoms with Crippen LogP contribution >= 0.6 is 11.8 Å². The molecule has 0 unspecified atom stereocenters. The number of aromatic nitrogens is 1. The number of anilines is 1. The number of halogens is 1. The number of hydrogen-bond donors (Lipinski definition) is 2. The van der Waals surface area contributed by atoms with E-state index in [0.29, 0.717) is 12.1 Å². The van der Waals surface area contributed by atoms with Crippen LogP contribution in [0.15, 0.2) is 102 Å². The summed E-state index contributed by atoms with van der Waals surface area (Å²) in [5.41, 5.74) is 3.88. The molecule has 0 aliphatic rings. The van der Waals surface area contributed by atoms with E-state index in [1.54, 1.807) is 11.8 Å². The molecule has 4 rings (SSSR count). The van der Waals surface area contributed by atoms with Crippen LogP contribution in [0.1, 0.15) is 27.2 Å². The molecule has 0 aliphatic carbocycles. The third-order valence-corrected chi connectivity index (χ3v) is 6.79. The van der Waals surface area contributed by atoms with E-state index in [9.17, 15) is 14.0 Å². The van der Waals surface area contributed by atoms with Crippen LogP contribution in [-0.4, -0.2) is 22.8 Å². The minimum atomic E-state index is -0.848. The second-order valence-electron chi connectivity index (χ2n) is 8.32.